The molecule has 0 unspecified atom stereocenters. The van der Waals surface area contributed by atoms with Crippen LogP contribution < -0.4 is 4.74 Å². The summed E-state index contributed by atoms with van der Waals surface area (Å²) in [6.45, 7) is 8.80. The van der Waals surface area contributed by atoms with Gasteiger partial charge in [-0.15, -0.1) is 0 Å². The number of hydrogen-bond acceptors (Lipinski definition) is 2. The van der Waals surface area contributed by atoms with E-state index in [0.29, 0.717) is 12.6 Å². The lowest BCUT2D eigenvalue weighted by atomic mass is 10.0. The molecule has 0 aliphatic carbocycles. The first-order valence-electron chi connectivity index (χ1n) is 6.87. The fourth-order valence-corrected chi connectivity index (χ4v) is 2.54. The van der Waals surface area contributed by atoms with E-state index >= 15 is 0 Å². The summed E-state index contributed by atoms with van der Waals surface area (Å²) in [7, 11) is 0. The van der Waals surface area contributed by atoms with E-state index in [0.717, 1.165) is 12.3 Å². The molecule has 0 N–H and O–H groups in total. The molecule has 0 bridgehead atoms. The highest BCUT2D eigenvalue weighted by atomic mass is 16.5. The minimum absolute atomic E-state index is 0.576. The highest BCUT2D eigenvalue weighted by Crippen LogP contribution is 2.24. The maximum atomic E-state index is 5.72. The molecule has 0 radical (unpaired) electrons. The van der Waals surface area contributed by atoms with E-state index < -0.39 is 0 Å². The van der Waals surface area contributed by atoms with Crippen LogP contribution in [0.1, 0.15) is 31.7 Å². The summed E-state index contributed by atoms with van der Waals surface area (Å²) in [4.78, 5) is 2.56. The summed E-state index contributed by atoms with van der Waals surface area (Å²) in [5.41, 5.74) is 1.29. The molecule has 0 spiro atoms. The average Bonchev–Trinajstić information content (AvgIpc) is 2.40. The highest BCUT2D eigenvalue weighted by molar-refractivity contribution is 5.33. The van der Waals surface area contributed by atoms with Crippen LogP contribution in [0.3, 0.4) is 0 Å². The maximum absolute atomic E-state index is 5.72. The van der Waals surface area contributed by atoms with Crippen molar-refractivity contribution in [3.05, 3.63) is 42.5 Å². The largest absolute Gasteiger partial charge is 0.489 e. The number of para-hydroxylation sites is 1. The van der Waals surface area contributed by atoms with Gasteiger partial charge in [-0.1, -0.05) is 37.3 Å². The van der Waals surface area contributed by atoms with Crippen LogP contribution in [0.15, 0.2) is 36.9 Å². The van der Waals surface area contributed by atoms with Crippen molar-refractivity contribution < 1.29 is 4.74 Å². The number of nitrogens with zero attached hydrogens (tertiary/aromatic N) is 1. The Bertz CT molecular complexity index is 388. The lowest BCUT2D eigenvalue weighted by Crippen LogP contribution is -2.36. The van der Waals surface area contributed by atoms with Gasteiger partial charge in [-0.3, -0.25) is 4.90 Å². The van der Waals surface area contributed by atoms with Gasteiger partial charge in [-0.2, -0.15) is 0 Å². The molecule has 1 aliphatic heterocycles. The number of ether oxygens (including phenoxy) is 1. The number of likely N-dealkylation sites (tertiary alicyclic amines) is 1. The second kappa shape index (κ2) is 6.60. The van der Waals surface area contributed by atoms with Crippen LogP contribution >= 0.6 is 0 Å². The van der Waals surface area contributed by atoms with E-state index in [1.54, 1.807) is 6.08 Å². The zero-order chi connectivity index (χ0) is 12.8. The van der Waals surface area contributed by atoms with E-state index in [4.69, 9.17) is 4.74 Å². The van der Waals surface area contributed by atoms with Gasteiger partial charge in [0.1, 0.15) is 12.4 Å². The summed E-state index contributed by atoms with van der Waals surface area (Å²) >= 11 is 0. The minimum Gasteiger partial charge on any atom is -0.489 e. The summed E-state index contributed by atoms with van der Waals surface area (Å²) in [5, 5.41) is 0. The fourth-order valence-electron chi connectivity index (χ4n) is 2.54. The first kappa shape index (κ1) is 13.2. The zero-order valence-electron chi connectivity index (χ0n) is 11.3. The number of rotatable bonds is 5. The Morgan fingerprint density at radius 3 is 3.00 bits per heavy atom. The van der Waals surface area contributed by atoms with Crippen LogP contribution in [0.5, 0.6) is 5.75 Å². The molecule has 1 aromatic carbocycles. The van der Waals surface area contributed by atoms with Crippen molar-refractivity contribution in [2.45, 2.75) is 38.8 Å². The standard InChI is InChI=1S/C16H23NO/c1-3-12-18-16-10-5-4-9-15(16)13-17-11-7-6-8-14(17)2/h3-5,9-10,14H,1,6-8,11-13H2,2H3/t14-/m0/s1. The molecule has 1 aromatic rings. The Balaban J connectivity index is 2.05. The van der Waals surface area contributed by atoms with Crippen LogP contribution in [-0.2, 0) is 6.54 Å². The predicted octanol–water partition coefficient (Wildman–Crippen LogP) is 3.63. The number of benzene rings is 1. The third-order valence-corrected chi connectivity index (χ3v) is 3.64. The molecular formula is C16H23NO. The van der Waals surface area contributed by atoms with Crippen molar-refractivity contribution in [2.75, 3.05) is 13.2 Å². The summed E-state index contributed by atoms with van der Waals surface area (Å²) < 4.78 is 5.72. The summed E-state index contributed by atoms with van der Waals surface area (Å²) in [6.07, 6.45) is 5.79. The molecule has 1 fully saturated rings. The molecule has 1 saturated heterocycles. The molecule has 1 atom stereocenters. The van der Waals surface area contributed by atoms with Crippen molar-refractivity contribution in [2.24, 2.45) is 0 Å². The van der Waals surface area contributed by atoms with E-state index in [1.807, 2.05) is 12.1 Å². The minimum atomic E-state index is 0.576. The maximum Gasteiger partial charge on any atom is 0.124 e. The lowest BCUT2D eigenvalue weighted by molar-refractivity contribution is 0.151. The molecule has 98 valence electrons. The summed E-state index contributed by atoms with van der Waals surface area (Å²) in [5.74, 6) is 0.996. The van der Waals surface area contributed by atoms with Crippen LogP contribution in [0, 0.1) is 0 Å². The Hall–Kier alpha value is -1.28. The molecule has 0 amide bonds. The monoisotopic (exact) mass is 245 g/mol. The molecule has 2 nitrogen and oxygen atoms in total. The van der Waals surface area contributed by atoms with E-state index in [1.165, 1.54) is 31.4 Å². The van der Waals surface area contributed by atoms with Crippen LogP contribution in [0.4, 0.5) is 0 Å². The average molecular weight is 245 g/mol. The molecule has 18 heavy (non-hydrogen) atoms. The third kappa shape index (κ3) is 3.36. The third-order valence-electron chi connectivity index (χ3n) is 3.64. The highest BCUT2D eigenvalue weighted by Gasteiger charge is 2.19. The smallest absolute Gasteiger partial charge is 0.124 e. The Morgan fingerprint density at radius 2 is 2.22 bits per heavy atom. The van der Waals surface area contributed by atoms with Gasteiger partial charge >= 0.3 is 0 Å². The van der Waals surface area contributed by atoms with E-state index in [2.05, 4.69) is 30.5 Å². The quantitative estimate of drug-likeness (QED) is 0.735. The van der Waals surface area contributed by atoms with Gasteiger partial charge in [0.25, 0.3) is 0 Å². The van der Waals surface area contributed by atoms with Crippen LogP contribution in [0.2, 0.25) is 0 Å². The van der Waals surface area contributed by atoms with Gasteiger partial charge in [0.2, 0.25) is 0 Å². The molecule has 2 rings (SSSR count). The Kier molecular flexibility index (Phi) is 4.82. The molecule has 1 heterocycles. The van der Waals surface area contributed by atoms with Crippen molar-refractivity contribution >= 4 is 0 Å². The second-order valence-corrected chi connectivity index (χ2v) is 5.02. The molecule has 0 aromatic heterocycles. The summed E-state index contributed by atoms with van der Waals surface area (Å²) in [6, 6.07) is 9.02. The van der Waals surface area contributed by atoms with Gasteiger partial charge in [0.15, 0.2) is 0 Å². The zero-order valence-corrected chi connectivity index (χ0v) is 11.3. The van der Waals surface area contributed by atoms with Crippen molar-refractivity contribution in [1.82, 2.24) is 4.90 Å². The Labute approximate surface area is 110 Å². The first-order chi connectivity index (χ1) is 8.81. The number of hydrogen-bond donors (Lipinski definition) is 0. The fraction of sp³-hybridized carbons (Fsp3) is 0.500. The lowest BCUT2D eigenvalue weighted by Gasteiger charge is -2.33. The SMILES string of the molecule is C=CCOc1ccccc1CN1CCCC[C@@H]1C. The Morgan fingerprint density at radius 1 is 1.39 bits per heavy atom. The van der Waals surface area contributed by atoms with Crippen molar-refractivity contribution in [3.8, 4) is 5.75 Å². The number of piperidine rings is 1. The van der Waals surface area contributed by atoms with Gasteiger partial charge in [0.05, 0.1) is 0 Å². The van der Waals surface area contributed by atoms with Crippen LogP contribution in [0.25, 0.3) is 0 Å². The van der Waals surface area contributed by atoms with E-state index in [9.17, 15) is 0 Å². The van der Waals surface area contributed by atoms with Gasteiger partial charge in [-0.25, -0.2) is 0 Å². The van der Waals surface area contributed by atoms with Gasteiger partial charge in [-0.05, 0) is 32.4 Å². The molecular weight excluding hydrogens is 222 g/mol. The van der Waals surface area contributed by atoms with Gasteiger partial charge < -0.3 is 4.74 Å². The molecule has 1 aliphatic rings. The van der Waals surface area contributed by atoms with Crippen molar-refractivity contribution in [1.29, 1.82) is 0 Å². The second-order valence-electron chi connectivity index (χ2n) is 5.02. The molecule has 2 heteroatoms. The van der Waals surface area contributed by atoms with Gasteiger partial charge in [0, 0.05) is 18.2 Å². The van der Waals surface area contributed by atoms with E-state index in [-0.39, 0.29) is 0 Å². The topological polar surface area (TPSA) is 12.5 Å². The van der Waals surface area contributed by atoms with Crippen molar-refractivity contribution in [3.63, 3.8) is 0 Å². The molecule has 0 saturated carbocycles. The first-order valence-corrected chi connectivity index (χ1v) is 6.87. The normalized spacial score (nSPS) is 20.6. The predicted molar refractivity (Wildman–Crippen MR) is 75.9 cm³/mol. The van der Waals surface area contributed by atoms with Crippen LogP contribution in [-0.4, -0.2) is 24.1 Å².